The number of hydrogen-bond acceptors (Lipinski definition) is 4. The molecule has 146 valence electrons. The van der Waals surface area contributed by atoms with E-state index in [1.54, 1.807) is 7.05 Å². The van der Waals surface area contributed by atoms with Crippen LogP contribution in [-0.2, 0) is 9.53 Å². The number of carbonyl (C=O) groups excluding carboxylic acids is 2. The fraction of sp³-hybridized carbons (Fsp3) is 0.429. The molecule has 3 N–H and O–H groups in total. The first kappa shape index (κ1) is 20.7. The third-order valence-electron chi connectivity index (χ3n) is 4.02. The van der Waals surface area contributed by atoms with Gasteiger partial charge >= 0.3 is 6.09 Å². The van der Waals surface area contributed by atoms with Crippen molar-refractivity contribution >= 4 is 28.5 Å². The molecule has 6 nitrogen and oxygen atoms in total. The van der Waals surface area contributed by atoms with E-state index in [1.165, 1.54) is 0 Å². The quantitative estimate of drug-likeness (QED) is 0.649. The molecule has 0 aliphatic carbocycles. The Kier molecular flexibility index (Phi) is 7.19. The number of anilines is 1. The van der Waals surface area contributed by atoms with E-state index >= 15 is 0 Å². The van der Waals surface area contributed by atoms with Crippen molar-refractivity contribution < 1.29 is 14.3 Å². The van der Waals surface area contributed by atoms with Gasteiger partial charge in [-0.05, 0) is 63.6 Å². The Morgan fingerprint density at radius 3 is 2.44 bits per heavy atom. The van der Waals surface area contributed by atoms with Crippen LogP contribution in [0.3, 0.4) is 0 Å². The van der Waals surface area contributed by atoms with Crippen LogP contribution in [0.15, 0.2) is 42.5 Å². The number of fused-ring (bicyclic) bond motifs is 1. The highest BCUT2D eigenvalue weighted by molar-refractivity contribution is 5.97. The van der Waals surface area contributed by atoms with Crippen molar-refractivity contribution in [3.05, 3.63) is 42.5 Å². The largest absolute Gasteiger partial charge is 0.444 e. The molecule has 0 fully saturated rings. The SMILES string of the molecule is CN[C@@H](CCCNC(=O)OC(C)(C)C)C(=O)Nc1ccc2ccccc2c1. The topological polar surface area (TPSA) is 79.5 Å². The normalized spacial score (nSPS) is 12.4. The van der Waals surface area contributed by atoms with Gasteiger partial charge in [0.2, 0.25) is 5.91 Å². The highest BCUT2D eigenvalue weighted by Gasteiger charge is 2.18. The molecule has 0 aromatic heterocycles. The molecule has 0 spiro atoms. The van der Waals surface area contributed by atoms with Crippen molar-refractivity contribution in [2.75, 3.05) is 18.9 Å². The summed E-state index contributed by atoms with van der Waals surface area (Å²) in [5, 5.41) is 10.9. The molecule has 0 aliphatic heterocycles. The maximum absolute atomic E-state index is 12.5. The molecule has 0 bridgehead atoms. The predicted octanol–water partition coefficient (Wildman–Crippen LogP) is 3.67. The zero-order valence-corrected chi connectivity index (χ0v) is 16.5. The molecular weight excluding hydrogens is 342 g/mol. The molecule has 27 heavy (non-hydrogen) atoms. The lowest BCUT2D eigenvalue weighted by Gasteiger charge is -2.20. The summed E-state index contributed by atoms with van der Waals surface area (Å²) in [7, 11) is 1.76. The van der Waals surface area contributed by atoms with Gasteiger partial charge in [0.1, 0.15) is 5.60 Å². The fourth-order valence-corrected chi connectivity index (χ4v) is 2.71. The van der Waals surface area contributed by atoms with Crippen LogP contribution in [0.25, 0.3) is 10.8 Å². The second-order valence-corrected chi connectivity index (χ2v) is 7.46. The second kappa shape index (κ2) is 9.37. The second-order valence-electron chi connectivity index (χ2n) is 7.46. The van der Waals surface area contributed by atoms with Gasteiger partial charge in [0.25, 0.3) is 0 Å². The Morgan fingerprint density at radius 1 is 1.07 bits per heavy atom. The zero-order valence-electron chi connectivity index (χ0n) is 16.5. The first-order valence-electron chi connectivity index (χ1n) is 9.22. The summed E-state index contributed by atoms with van der Waals surface area (Å²) in [4.78, 5) is 24.1. The van der Waals surface area contributed by atoms with Gasteiger partial charge in [0.15, 0.2) is 0 Å². The van der Waals surface area contributed by atoms with E-state index in [2.05, 4.69) is 16.0 Å². The molecule has 2 rings (SSSR count). The minimum absolute atomic E-state index is 0.0925. The van der Waals surface area contributed by atoms with E-state index in [-0.39, 0.29) is 11.9 Å². The molecule has 6 heteroatoms. The number of amides is 2. The molecule has 0 saturated heterocycles. The van der Waals surface area contributed by atoms with Crippen molar-refractivity contribution in [2.24, 2.45) is 0 Å². The molecule has 0 aliphatic rings. The lowest BCUT2D eigenvalue weighted by atomic mass is 10.1. The standard InChI is InChI=1S/C21H29N3O3/c1-21(2,3)27-20(26)23-13-7-10-18(22-4)19(25)24-17-12-11-15-8-5-6-9-16(15)14-17/h5-6,8-9,11-12,14,18,22H,7,10,13H2,1-4H3,(H,23,26)(H,24,25)/t18-/m0/s1. The Balaban J connectivity index is 1.81. The van der Waals surface area contributed by atoms with Gasteiger partial charge in [-0.25, -0.2) is 4.79 Å². The molecular formula is C21H29N3O3. The fourth-order valence-electron chi connectivity index (χ4n) is 2.71. The number of benzene rings is 2. The molecule has 2 aromatic rings. The summed E-state index contributed by atoms with van der Waals surface area (Å²) >= 11 is 0. The van der Waals surface area contributed by atoms with Crippen LogP contribution < -0.4 is 16.0 Å². The lowest BCUT2D eigenvalue weighted by molar-refractivity contribution is -0.118. The number of rotatable bonds is 7. The van der Waals surface area contributed by atoms with E-state index in [4.69, 9.17) is 4.74 Å². The highest BCUT2D eigenvalue weighted by Crippen LogP contribution is 2.19. The number of alkyl carbamates (subject to hydrolysis) is 1. The van der Waals surface area contributed by atoms with E-state index in [9.17, 15) is 9.59 Å². The van der Waals surface area contributed by atoms with Crippen molar-refractivity contribution in [1.29, 1.82) is 0 Å². The molecule has 2 aromatic carbocycles. The minimum Gasteiger partial charge on any atom is -0.444 e. The van der Waals surface area contributed by atoms with Gasteiger partial charge < -0.3 is 20.7 Å². The van der Waals surface area contributed by atoms with E-state index in [0.717, 1.165) is 16.5 Å². The number of likely N-dealkylation sites (N-methyl/N-ethyl adjacent to an activating group) is 1. The third kappa shape index (κ3) is 6.90. The summed E-state index contributed by atoms with van der Waals surface area (Å²) in [6.07, 6.45) is 0.825. The van der Waals surface area contributed by atoms with E-state index in [1.807, 2.05) is 63.2 Å². The van der Waals surface area contributed by atoms with Gasteiger partial charge in [-0.3, -0.25) is 4.79 Å². The average Bonchev–Trinajstić information content (AvgIpc) is 2.60. The van der Waals surface area contributed by atoms with Gasteiger partial charge in [0.05, 0.1) is 6.04 Å². The summed E-state index contributed by atoms with van der Waals surface area (Å²) in [5.41, 5.74) is 0.253. The van der Waals surface area contributed by atoms with Gasteiger partial charge in [-0.2, -0.15) is 0 Å². The number of nitrogens with one attached hydrogen (secondary N) is 3. The summed E-state index contributed by atoms with van der Waals surface area (Å²) < 4.78 is 5.19. The first-order chi connectivity index (χ1) is 12.8. The van der Waals surface area contributed by atoms with Crippen LogP contribution in [0, 0.1) is 0 Å². The van der Waals surface area contributed by atoms with Crippen LogP contribution in [0.5, 0.6) is 0 Å². The van der Waals surface area contributed by atoms with E-state index in [0.29, 0.717) is 19.4 Å². The Bertz CT molecular complexity index is 784. The predicted molar refractivity (Wildman–Crippen MR) is 109 cm³/mol. The zero-order chi connectivity index (χ0) is 19.9. The van der Waals surface area contributed by atoms with Crippen molar-refractivity contribution in [3.63, 3.8) is 0 Å². The average molecular weight is 371 g/mol. The van der Waals surface area contributed by atoms with Crippen molar-refractivity contribution in [2.45, 2.75) is 45.3 Å². The van der Waals surface area contributed by atoms with Crippen molar-refractivity contribution in [1.82, 2.24) is 10.6 Å². The molecule has 2 amide bonds. The Morgan fingerprint density at radius 2 is 1.78 bits per heavy atom. The van der Waals surface area contributed by atoms with E-state index < -0.39 is 11.7 Å². The third-order valence-corrected chi connectivity index (χ3v) is 4.02. The maximum Gasteiger partial charge on any atom is 0.407 e. The van der Waals surface area contributed by atoms with Crippen LogP contribution in [0.1, 0.15) is 33.6 Å². The minimum atomic E-state index is -0.517. The number of carbonyl (C=O) groups is 2. The van der Waals surface area contributed by atoms with Gasteiger partial charge in [0, 0.05) is 12.2 Å². The van der Waals surface area contributed by atoms with Gasteiger partial charge in [-0.1, -0.05) is 30.3 Å². The van der Waals surface area contributed by atoms with Crippen LogP contribution in [0.2, 0.25) is 0 Å². The Hall–Kier alpha value is -2.60. The lowest BCUT2D eigenvalue weighted by Crippen LogP contribution is -2.39. The van der Waals surface area contributed by atoms with Crippen LogP contribution in [-0.4, -0.2) is 37.2 Å². The smallest absolute Gasteiger partial charge is 0.407 e. The molecule has 0 radical (unpaired) electrons. The Labute approximate surface area is 160 Å². The molecule has 1 atom stereocenters. The highest BCUT2D eigenvalue weighted by atomic mass is 16.6. The molecule has 0 heterocycles. The monoisotopic (exact) mass is 371 g/mol. The van der Waals surface area contributed by atoms with Crippen molar-refractivity contribution in [3.8, 4) is 0 Å². The molecule has 0 unspecified atom stereocenters. The summed E-state index contributed by atoms with van der Waals surface area (Å²) in [6, 6.07) is 13.5. The molecule has 0 saturated carbocycles. The van der Waals surface area contributed by atoms with Gasteiger partial charge in [-0.15, -0.1) is 0 Å². The van der Waals surface area contributed by atoms with Crippen LogP contribution in [0.4, 0.5) is 10.5 Å². The maximum atomic E-state index is 12.5. The summed E-state index contributed by atoms with van der Waals surface area (Å²) in [6.45, 7) is 5.92. The number of hydrogen-bond donors (Lipinski definition) is 3. The van der Waals surface area contributed by atoms with Crippen LogP contribution >= 0.6 is 0 Å². The number of ether oxygens (including phenoxy) is 1. The first-order valence-corrected chi connectivity index (χ1v) is 9.22. The summed E-state index contributed by atoms with van der Waals surface area (Å²) in [5.74, 6) is -0.0925.